The van der Waals surface area contributed by atoms with E-state index in [1.54, 1.807) is 0 Å². The van der Waals surface area contributed by atoms with Crippen LogP contribution in [0.5, 0.6) is 0 Å². The SMILES string of the molecule is O=C(NC1CCCC(C(F)(F)F)C1)c1ccccc1[N+](=O)[O-]. The molecule has 1 aliphatic rings. The zero-order valence-electron chi connectivity index (χ0n) is 11.6. The Morgan fingerprint density at radius 3 is 2.59 bits per heavy atom. The van der Waals surface area contributed by atoms with E-state index < -0.39 is 29.0 Å². The van der Waals surface area contributed by atoms with Crippen LogP contribution in [0, 0.1) is 16.0 Å². The quantitative estimate of drug-likeness (QED) is 0.686. The lowest BCUT2D eigenvalue weighted by molar-refractivity contribution is -0.385. The second-order valence-corrected chi connectivity index (χ2v) is 5.35. The fourth-order valence-corrected chi connectivity index (χ4v) is 2.71. The predicted octanol–water partition coefficient (Wildman–Crippen LogP) is 3.45. The van der Waals surface area contributed by atoms with E-state index >= 15 is 0 Å². The lowest BCUT2D eigenvalue weighted by Crippen LogP contribution is -2.41. The molecule has 1 N–H and O–H groups in total. The van der Waals surface area contributed by atoms with Crippen molar-refractivity contribution in [3.05, 3.63) is 39.9 Å². The van der Waals surface area contributed by atoms with Gasteiger partial charge in [-0.1, -0.05) is 18.6 Å². The summed E-state index contributed by atoms with van der Waals surface area (Å²) in [6.07, 6.45) is -3.59. The molecule has 2 rings (SSSR count). The van der Waals surface area contributed by atoms with E-state index in [0.717, 1.165) is 0 Å². The van der Waals surface area contributed by atoms with Crippen molar-refractivity contribution >= 4 is 11.6 Å². The lowest BCUT2D eigenvalue weighted by Gasteiger charge is -2.31. The van der Waals surface area contributed by atoms with Gasteiger partial charge in [-0.25, -0.2) is 0 Å². The van der Waals surface area contributed by atoms with Gasteiger partial charge in [-0.3, -0.25) is 14.9 Å². The summed E-state index contributed by atoms with van der Waals surface area (Å²) in [6.45, 7) is 0. The van der Waals surface area contributed by atoms with Crippen LogP contribution in [0.4, 0.5) is 18.9 Å². The molecule has 2 unspecified atom stereocenters. The summed E-state index contributed by atoms with van der Waals surface area (Å²) in [7, 11) is 0. The van der Waals surface area contributed by atoms with E-state index in [1.807, 2.05) is 0 Å². The summed E-state index contributed by atoms with van der Waals surface area (Å²) in [6, 6.07) is 4.76. The summed E-state index contributed by atoms with van der Waals surface area (Å²) in [5, 5.41) is 13.4. The van der Waals surface area contributed by atoms with Crippen molar-refractivity contribution in [2.75, 3.05) is 0 Å². The minimum atomic E-state index is -4.28. The Kier molecular flexibility index (Phi) is 4.68. The average molecular weight is 316 g/mol. The molecule has 1 aromatic rings. The molecule has 120 valence electrons. The predicted molar refractivity (Wildman–Crippen MR) is 72.4 cm³/mol. The number of nitro groups is 1. The van der Waals surface area contributed by atoms with Crippen LogP contribution in [0.25, 0.3) is 0 Å². The maximum absolute atomic E-state index is 12.7. The van der Waals surface area contributed by atoms with Crippen molar-refractivity contribution in [2.24, 2.45) is 5.92 Å². The monoisotopic (exact) mass is 316 g/mol. The smallest absolute Gasteiger partial charge is 0.349 e. The van der Waals surface area contributed by atoms with Crippen LogP contribution in [0.1, 0.15) is 36.0 Å². The van der Waals surface area contributed by atoms with E-state index in [4.69, 9.17) is 0 Å². The van der Waals surface area contributed by atoms with Gasteiger partial charge in [0.15, 0.2) is 0 Å². The zero-order chi connectivity index (χ0) is 16.3. The molecule has 22 heavy (non-hydrogen) atoms. The van der Waals surface area contributed by atoms with E-state index in [1.165, 1.54) is 24.3 Å². The number of carbonyl (C=O) groups is 1. The van der Waals surface area contributed by atoms with Crippen molar-refractivity contribution < 1.29 is 22.9 Å². The number of hydrogen-bond donors (Lipinski definition) is 1. The second-order valence-electron chi connectivity index (χ2n) is 5.35. The van der Waals surface area contributed by atoms with Gasteiger partial charge in [0.2, 0.25) is 0 Å². The number of carbonyl (C=O) groups excluding carboxylic acids is 1. The Hall–Kier alpha value is -2.12. The van der Waals surface area contributed by atoms with Crippen LogP contribution in [0.3, 0.4) is 0 Å². The van der Waals surface area contributed by atoms with Crippen LogP contribution >= 0.6 is 0 Å². The molecule has 1 fully saturated rings. The molecule has 1 aromatic carbocycles. The molecule has 2 atom stereocenters. The zero-order valence-corrected chi connectivity index (χ0v) is 11.6. The van der Waals surface area contributed by atoms with Gasteiger partial charge in [-0.2, -0.15) is 13.2 Å². The number of alkyl halides is 3. The van der Waals surface area contributed by atoms with Crippen molar-refractivity contribution in [2.45, 2.75) is 37.9 Å². The Balaban J connectivity index is 2.08. The summed E-state index contributed by atoms with van der Waals surface area (Å²) in [4.78, 5) is 22.3. The molecular formula is C14H15F3N2O3. The van der Waals surface area contributed by atoms with Crippen LogP contribution in [0.2, 0.25) is 0 Å². The first-order valence-electron chi connectivity index (χ1n) is 6.90. The van der Waals surface area contributed by atoms with Crippen molar-refractivity contribution in [3.63, 3.8) is 0 Å². The largest absolute Gasteiger partial charge is 0.391 e. The Morgan fingerprint density at radius 2 is 1.95 bits per heavy atom. The number of halogens is 3. The van der Waals surface area contributed by atoms with Crippen molar-refractivity contribution in [3.8, 4) is 0 Å². The fourth-order valence-electron chi connectivity index (χ4n) is 2.71. The number of nitro benzene ring substituents is 1. The van der Waals surface area contributed by atoms with Gasteiger partial charge in [0.1, 0.15) is 5.56 Å². The minimum Gasteiger partial charge on any atom is -0.349 e. The Labute approximate surface area is 124 Å². The molecule has 8 heteroatoms. The van der Waals surface area contributed by atoms with Crippen LogP contribution in [0.15, 0.2) is 24.3 Å². The first-order chi connectivity index (χ1) is 10.3. The molecule has 0 bridgehead atoms. The number of nitrogens with zero attached hydrogens (tertiary/aromatic N) is 1. The molecule has 0 saturated heterocycles. The second kappa shape index (κ2) is 6.33. The third kappa shape index (κ3) is 3.75. The van der Waals surface area contributed by atoms with E-state index in [2.05, 4.69) is 5.32 Å². The van der Waals surface area contributed by atoms with Crippen LogP contribution < -0.4 is 5.32 Å². The van der Waals surface area contributed by atoms with Gasteiger partial charge < -0.3 is 5.32 Å². The van der Waals surface area contributed by atoms with Crippen LogP contribution in [-0.4, -0.2) is 23.0 Å². The number of rotatable bonds is 3. The molecular weight excluding hydrogens is 301 g/mol. The highest BCUT2D eigenvalue weighted by molar-refractivity contribution is 5.98. The first kappa shape index (κ1) is 16.3. The average Bonchev–Trinajstić information content (AvgIpc) is 2.46. The number of amides is 1. The summed E-state index contributed by atoms with van der Waals surface area (Å²) < 4.78 is 38.2. The fraction of sp³-hybridized carbons (Fsp3) is 0.500. The highest BCUT2D eigenvalue weighted by Gasteiger charge is 2.42. The van der Waals surface area contributed by atoms with Crippen molar-refractivity contribution in [1.29, 1.82) is 0 Å². The number of para-hydroxylation sites is 1. The van der Waals surface area contributed by atoms with Gasteiger partial charge in [-0.15, -0.1) is 0 Å². The number of benzene rings is 1. The third-order valence-electron chi connectivity index (χ3n) is 3.82. The number of nitrogens with one attached hydrogen (secondary N) is 1. The van der Waals surface area contributed by atoms with Gasteiger partial charge in [0.05, 0.1) is 10.8 Å². The molecule has 5 nitrogen and oxygen atoms in total. The molecule has 1 saturated carbocycles. The molecule has 0 radical (unpaired) electrons. The van der Waals surface area contributed by atoms with Gasteiger partial charge in [-0.05, 0) is 25.3 Å². The molecule has 0 aromatic heterocycles. The maximum Gasteiger partial charge on any atom is 0.391 e. The lowest BCUT2D eigenvalue weighted by atomic mass is 9.85. The van der Waals surface area contributed by atoms with Gasteiger partial charge in [0.25, 0.3) is 11.6 Å². The summed E-state index contributed by atoms with van der Waals surface area (Å²) in [5.74, 6) is -2.14. The molecule has 0 aliphatic heterocycles. The highest BCUT2D eigenvalue weighted by Crippen LogP contribution is 2.37. The Morgan fingerprint density at radius 1 is 1.27 bits per heavy atom. The molecule has 0 heterocycles. The normalized spacial score (nSPS) is 22.1. The third-order valence-corrected chi connectivity index (χ3v) is 3.82. The summed E-state index contributed by atoms with van der Waals surface area (Å²) in [5.41, 5.74) is -0.496. The van der Waals surface area contributed by atoms with Crippen molar-refractivity contribution in [1.82, 2.24) is 5.32 Å². The number of hydrogen-bond acceptors (Lipinski definition) is 3. The van der Waals surface area contributed by atoms with E-state index in [-0.39, 0.29) is 24.1 Å². The van der Waals surface area contributed by atoms with Crippen LogP contribution in [-0.2, 0) is 0 Å². The maximum atomic E-state index is 12.7. The van der Waals surface area contributed by atoms with Gasteiger partial charge >= 0.3 is 6.18 Å². The van der Waals surface area contributed by atoms with Gasteiger partial charge in [0, 0.05) is 12.1 Å². The highest BCUT2D eigenvalue weighted by atomic mass is 19.4. The van der Waals surface area contributed by atoms with E-state index in [9.17, 15) is 28.1 Å². The standard InChI is InChI=1S/C14H15F3N2O3/c15-14(16,17)9-4-3-5-10(8-9)18-13(20)11-6-1-2-7-12(11)19(21)22/h1-2,6-7,9-10H,3-5,8H2,(H,18,20). The topological polar surface area (TPSA) is 72.2 Å². The van der Waals surface area contributed by atoms with E-state index in [0.29, 0.717) is 12.8 Å². The summed E-state index contributed by atoms with van der Waals surface area (Å²) >= 11 is 0. The molecule has 1 amide bonds. The minimum absolute atomic E-state index is 0.0569. The Bertz CT molecular complexity index is 575. The molecule has 1 aliphatic carbocycles. The molecule has 0 spiro atoms. The first-order valence-corrected chi connectivity index (χ1v) is 6.90.